The standard InChI is InChI=1S/C24H22BrN3O4/c1-31-21-10-7-18(8-11-21)24(30)26-15-23(29)28-27-14-19-13-20(25)9-12-22(19)32-16-17-5-3-2-4-6-17/h2-14H,15-16H2,1H3,(H,26,30)(H,28,29)/b27-14-. The number of hydrogen-bond acceptors (Lipinski definition) is 5. The average molecular weight is 496 g/mol. The van der Waals surface area contributed by atoms with Crippen LogP contribution >= 0.6 is 15.9 Å². The number of ether oxygens (including phenoxy) is 2. The zero-order chi connectivity index (χ0) is 22.8. The van der Waals surface area contributed by atoms with E-state index in [0.29, 0.717) is 29.2 Å². The van der Waals surface area contributed by atoms with Crippen molar-refractivity contribution in [1.82, 2.24) is 10.7 Å². The second-order valence-electron chi connectivity index (χ2n) is 6.66. The Morgan fingerprint density at radius 2 is 1.78 bits per heavy atom. The molecule has 0 atom stereocenters. The van der Waals surface area contributed by atoms with Crippen LogP contribution in [-0.4, -0.2) is 31.7 Å². The number of carbonyl (C=O) groups excluding carboxylic acids is 2. The number of halogens is 1. The second-order valence-corrected chi connectivity index (χ2v) is 7.58. The fraction of sp³-hybridized carbons (Fsp3) is 0.125. The molecular weight excluding hydrogens is 474 g/mol. The molecule has 0 bridgehead atoms. The van der Waals surface area contributed by atoms with E-state index in [1.165, 1.54) is 6.21 Å². The summed E-state index contributed by atoms with van der Waals surface area (Å²) in [7, 11) is 1.55. The zero-order valence-electron chi connectivity index (χ0n) is 17.4. The van der Waals surface area contributed by atoms with Crippen molar-refractivity contribution < 1.29 is 19.1 Å². The van der Waals surface area contributed by atoms with E-state index in [0.717, 1.165) is 10.0 Å². The van der Waals surface area contributed by atoms with Crippen LogP contribution in [0.5, 0.6) is 11.5 Å². The van der Waals surface area contributed by atoms with Crippen LogP contribution in [0.4, 0.5) is 0 Å². The minimum absolute atomic E-state index is 0.210. The average Bonchev–Trinajstić information content (AvgIpc) is 2.82. The topological polar surface area (TPSA) is 89.0 Å². The molecule has 0 heterocycles. The largest absolute Gasteiger partial charge is 0.497 e. The fourth-order valence-corrected chi connectivity index (χ4v) is 3.08. The highest BCUT2D eigenvalue weighted by molar-refractivity contribution is 9.10. The predicted octanol–water partition coefficient (Wildman–Crippen LogP) is 3.92. The highest BCUT2D eigenvalue weighted by atomic mass is 79.9. The molecule has 0 spiro atoms. The van der Waals surface area contributed by atoms with Crippen LogP contribution < -0.4 is 20.2 Å². The van der Waals surface area contributed by atoms with Crippen LogP contribution in [0.25, 0.3) is 0 Å². The summed E-state index contributed by atoms with van der Waals surface area (Å²) in [5.41, 5.74) is 4.56. The Morgan fingerprint density at radius 3 is 2.50 bits per heavy atom. The van der Waals surface area contributed by atoms with E-state index in [-0.39, 0.29) is 12.5 Å². The molecular formula is C24H22BrN3O4. The van der Waals surface area contributed by atoms with E-state index in [1.807, 2.05) is 48.5 Å². The van der Waals surface area contributed by atoms with Gasteiger partial charge in [0.05, 0.1) is 19.9 Å². The maximum absolute atomic E-state index is 12.1. The minimum Gasteiger partial charge on any atom is -0.497 e. The van der Waals surface area contributed by atoms with Crippen LogP contribution in [0, 0.1) is 0 Å². The van der Waals surface area contributed by atoms with Gasteiger partial charge in [-0.2, -0.15) is 5.10 Å². The monoisotopic (exact) mass is 495 g/mol. The van der Waals surface area contributed by atoms with Crippen molar-refractivity contribution in [3.63, 3.8) is 0 Å². The first-order valence-corrected chi connectivity index (χ1v) is 10.5. The number of benzene rings is 3. The van der Waals surface area contributed by atoms with Crippen molar-refractivity contribution in [2.45, 2.75) is 6.61 Å². The Balaban J connectivity index is 1.52. The number of rotatable bonds is 9. The Labute approximate surface area is 194 Å². The van der Waals surface area contributed by atoms with E-state index in [1.54, 1.807) is 31.4 Å². The van der Waals surface area contributed by atoms with Gasteiger partial charge in [0, 0.05) is 15.6 Å². The summed E-state index contributed by atoms with van der Waals surface area (Å²) in [6, 6.07) is 21.9. The second kappa shape index (κ2) is 11.7. The third-order valence-electron chi connectivity index (χ3n) is 4.36. The van der Waals surface area contributed by atoms with Gasteiger partial charge in [-0.15, -0.1) is 0 Å². The van der Waals surface area contributed by atoms with Gasteiger partial charge in [0.15, 0.2) is 0 Å². The van der Waals surface area contributed by atoms with Gasteiger partial charge in [-0.1, -0.05) is 46.3 Å². The summed E-state index contributed by atoms with van der Waals surface area (Å²) in [5, 5.41) is 6.52. The Hall–Kier alpha value is -3.65. The van der Waals surface area contributed by atoms with Gasteiger partial charge in [-0.25, -0.2) is 5.43 Å². The summed E-state index contributed by atoms with van der Waals surface area (Å²) in [5.74, 6) is 0.455. The van der Waals surface area contributed by atoms with Gasteiger partial charge >= 0.3 is 0 Å². The molecule has 0 unspecified atom stereocenters. The molecule has 0 fully saturated rings. The summed E-state index contributed by atoms with van der Waals surface area (Å²) in [4.78, 5) is 24.2. The quantitative estimate of drug-likeness (QED) is 0.347. The van der Waals surface area contributed by atoms with Crippen molar-refractivity contribution in [3.8, 4) is 11.5 Å². The van der Waals surface area contributed by atoms with Crippen LogP contribution in [-0.2, 0) is 11.4 Å². The number of hydrazone groups is 1. The van der Waals surface area contributed by atoms with Crippen LogP contribution in [0.3, 0.4) is 0 Å². The SMILES string of the molecule is COc1ccc(C(=O)NCC(=O)N/N=C\c2cc(Br)ccc2OCc2ccccc2)cc1. The molecule has 2 N–H and O–H groups in total. The lowest BCUT2D eigenvalue weighted by Crippen LogP contribution is -2.34. The normalized spacial score (nSPS) is 10.6. The Morgan fingerprint density at radius 1 is 1.03 bits per heavy atom. The van der Waals surface area contributed by atoms with Gasteiger partial charge in [-0.3, -0.25) is 9.59 Å². The minimum atomic E-state index is -0.454. The Bertz CT molecular complexity index is 1090. The number of methoxy groups -OCH3 is 1. The molecule has 3 aromatic carbocycles. The first-order valence-electron chi connectivity index (χ1n) is 9.75. The van der Waals surface area contributed by atoms with E-state index >= 15 is 0 Å². The highest BCUT2D eigenvalue weighted by Gasteiger charge is 2.08. The van der Waals surface area contributed by atoms with Gasteiger partial charge in [0.25, 0.3) is 11.8 Å². The molecule has 3 aromatic rings. The van der Waals surface area contributed by atoms with Crippen LogP contribution in [0.15, 0.2) is 82.4 Å². The molecule has 32 heavy (non-hydrogen) atoms. The van der Waals surface area contributed by atoms with Crippen molar-refractivity contribution in [3.05, 3.63) is 94.0 Å². The van der Waals surface area contributed by atoms with E-state index in [2.05, 4.69) is 31.8 Å². The van der Waals surface area contributed by atoms with Gasteiger partial charge < -0.3 is 14.8 Å². The lowest BCUT2D eigenvalue weighted by atomic mass is 10.2. The molecule has 0 saturated carbocycles. The number of amides is 2. The molecule has 0 aliphatic carbocycles. The summed E-state index contributed by atoms with van der Waals surface area (Å²) < 4.78 is 11.8. The van der Waals surface area contributed by atoms with Gasteiger partial charge in [0.2, 0.25) is 0 Å². The molecule has 164 valence electrons. The third kappa shape index (κ3) is 6.95. The number of nitrogens with zero attached hydrogens (tertiary/aromatic N) is 1. The highest BCUT2D eigenvalue weighted by Crippen LogP contribution is 2.22. The molecule has 8 heteroatoms. The molecule has 3 rings (SSSR count). The molecule has 0 aromatic heterocycles. The van der Waals surface area contributed by atoms with E-state index < -0.39 is 5.91 Å². The molecule has 0 radical (unpaired) electrons. The van der Waals surface area contributed by atoms with Gasteiger partial charge in [-0.05, 0) is 48.0 Å². The first-order chi connectivity index (χ1) is 15.5. The summed E-state index contributed by atoms with van der Waals surface area (Å²) >= 11 is 3.43. The van der Waals surface area contributed by atoms with Crippen molar-refractivity contribution in [2.24, 2.45) is 5.10 Å². The molecule has 0 aliphatic rings. The lowest BCUT2D eigenvalue weighted by molar-refractivity contribution is -0.120. The maximum atomic E-state index is 12.1. The summed E-state index contributed by atoms with van der Waals surface area (Å²) in [6.45, 7) is 0.200. The zero-order valence-corrected chi connectivity index (χ0v) is 19.0. The van der Waals surface area contributed by atoms with E-state index in [4.69, 9.17) is 9.47 Å². The summed E-state index contributed by atoms with van der Waals surface area (Å²) in [6.07, 6.45) is 1.49. The maximum Gasteiger partial charge on any atom is 0.259 e. The predicted molar refractivity (Wildman–Crippen MR) is 126 cm³/mol. The van der Waals surface area contributed by atoms with Gasteiger partial charge in [0.1, 0.15) is 18.1 Å². The number of hydrogen-bond donors (Lipinski definition) is 2. The third-order valence-corrected chi connectivity index (χ3v) is 4.86. The molecule has 0 saturated heterocycles. The molecule has 2 amide bonds. The fourth-order valence-electron chi connectivity index (χ4n) is 2.71. The lowest BCUT2D eigenvalue weighted by Gasteiger charge is -2.10. The van der Waals surface area contributed by atoms with Crippen molar-refractivity contribution >= 4 is 34.0 Å². The molecule has 7 nitrogen and oxygen atoms in total. The van der Waals surface area contributed by atoms with E-state index in [9.17, 15) is 9.59 Å². The van der Waals surface area contributed by atoms with Crippen molar-refractivity contribution in [1.29, 1.82) is 0 Å². The van der Waals surface area contributed by atoms with Crippen molar-refractivity contribution in [2.75, 3.05) is 13.7 Å². The van der Waals surface area contributed by atoms with Crippen LogP contribution in [0.2, 0.25) is 0 Å². The number of nitrogens with one attached hydrogen (secondary N) is 2. The molecule has 0 aliphatic heterocycles. The van der Waals surface area contributed by atoms with Crippen LogP contribution in [0.1, 0.15) is 21.5 Å². The smallest absolute Gasteiger partial charge is 0.259 e. The first kappa shape index (κ1) is 23.0. The Kier molecular flexibility index (Phi) is 8.39. The number of carbonyl (C=O) groups is 2.